The number of ketones is 1. The summed E-state index contributed by atoms with van der Waals surface area (Å²) >= 11 is 0. The zero-order chi connectivity index (χ0) is 15.8. The molecule has 4 saturated carbocycles. The Kier molecular flexibility index (Phi) is 2.79. The van der Waals surface area contributed by atoms with Crippen LogP contribution in [0.1, 0.15) is 65.2 Å². The van der Waals surface area contributed by atoms with Crippen molar-refractivity contribution in [3.8, 4) is 0 Å². The first kappa shape index (κ1) is 14.5. The third-order valence-electron chi connectivity index (χ3n) is 7.62. The molecule has 5 aliphatic rings. The highest BCUT2D eigenvalue weighted by molar-refractivity contribution is 5.89. The van der Waals surface area contributed by atoms with Gasteiger partial charge in [-0.3, -0.25) is 9.59 Å². The molecule has 4 aliphatic carbocycles. The van der Waals surface area contributed by atoms with Crippen LogP contribution >= 0.6 is 0 Å². The maximum atomic E-state index is 13.0. The molecule has 0 N–H and O–H groups in total. The SMILES string of the molecule is C=C(C)[C@@H]1CC[C@]23CCC(CC2=O)CC32OC(=O)CCC12C. The second-order valence-corrected chi connectivity index (χ2v) is 8.47. The first-order chi connectivity index (χ1) is 10.3. The number of rotatable bonds is 1. The van der Waals surface area contributed by atoms with E-state index in [1.54, 1.807) is 0 Å². The van der Waals surface area contributed by atoms with Gasteiger partial charge in [0.15, 0.2) is 0 Å². The fraction of sp³-hybridized carbons (Fsp3) is 0.789. The maximum absolute atomic E-state index is 13.0. The average Bonchev–Trinajstić information content (AvgIpc) is 2.45. The van der Waals surface area contributed by atoms with E-state index in [-0.39, 0.29) is 11.4 Å². The normalized spacial score (nSPS) is 50.1. The average molecular weight is 302 g/mol. The van der Waals surface area contributed by atoms with Crippen LogP contribution in [0.4, 0.5) is 0 Å². The van der Waals surface area contributed by atoms with Crippen LogP contribution in [0.15, 0.2) is 12.2 Å². The fourth-order valence-corrected chi connectivity index (χ4v) is 6.62. The number of hydrogen-bond acceptors (Lipinski definition) is 3. The molecule has 0 radical (unpaired) electrons. The van der Waals surface area contributed by atoms with Crippen LogP contribution < -0.4 is 0 Å². The van der Waals surface area contributed by atoms with E-state index in [4.69, 9.17) is 4.74 Å². The Labute approximate surface area is 132 Å². The Bertz CT molecular complexity index is 579. The summed E-state index contributed by atoms with van der Waals surface area (Å²) in [6.07, 6.45) is 6.85. The van der Waals surface area contributed by atoms with Crippen LogP contribution in [0.2, 0.25) is 0 Å². The molecule has 0 aromatic heterocycles. The Balaban J connectivity index is 1.92. The molecular weight excluding hydrogens is 276 g/mol. The van der Waals surface area contributed by atoms with Crippen molar-refractivity contribution in [1.29, 1.82) is 0 Å². The molecule has 22 heavy (non-hydrogen) atoms. The van der Waals surface area contributed by atoms with Gasteiger partial charge in [0.2, 0.25) is 0 Å². The standard InChI is InChI=1S/C19H26O3/c1-12(2)14-5-9-18-8-4-13(10-15(18)20)11-19(18)17(14,3)7-6-16(21)22-19/h13-14H,1,4-11H2,2-3H3/t13?,14-,17?,18+,19?/m0/s1. The number of carbonyl (C=O) groups is 2. The Morgan fingerprint density at radius 1 is 1.23 bits per heavy atom. The van der Waals surface area contributed by atoms with Gasteiger partial charge >= 0.3 is 5.97 Å². The molecule has 1 heterocycles. The third kappa shape index (κ3) is 1.43. The molecule has 2 bridgehead atoms. The van der Waals surface area contributed by atoms with Gasteiger partial charge < -0.3 is 4.74 Å². The van der Waals surface area contributed by atoms with E-state index in [1.807, 2.05) is 0 Å². The number of fused-ring (bicyclic) bond motifs is 2. The highest BCUT2D eigenvalue weighted by atomic mass is 16.6. The Morgan fingerprint density at radius 2 is 1.95 bits per heavy atom. The van der Waals surface area contributed by atoms with Crippen LogP contribution in [0.5, 0.6) is 0 Å². The number of esters is 1. The van der Waals surface area contributed by atoms with Crippen molar-refractivity contribution in [2.75, 3.05) is 0 Å². The van der Waals surface area contributed by atoms with Gasteiger partial charge in [0.05, 0.1) is 5.41 Å². The first-order valence-electron chi connectivity index (χ1n) is 8.75. The number of allylic oxidation sites excluding steroid dienone is 1. The number of hydrogen-bond donors (Lipinski definition) is 0. The van der Waals surface area contributed by atoms with Gasteiger partial charge in [0.1, 0.15) is 11.4 Å². The van der Waals surface area contributed by atoms with Gasteiger partial charge in [-0.15, -0.1) is 0 Å². The molecule has 3 nitrogen and oxygen atoms in total. The van der Waals surface area contributed by atoms with Crippen molar-refractivity contribution in [2.45, 2.75) is 70.8 Å². The van der Waals surface area contributed by atoms with Crippen molar-refractivity contribution >= 4 is 11.8 Å². The summed E-state index contributed by atoms with van der Waals surface area (Å²) in [5, 5.41) is 0. The topological polar surface area (TPSA) is 43.4 Å². The second kappa shape index (κ2) is 4.24. The van der Waals surface area contributed by atoms with E-state index in [1.165, 1.54) is 5.57 Å². The van der Waals surface area contributed by atoms with Gasteiger partial charge in [0, 0.05) is 18.3 Å². The van der Waals surface area contributed by atoms with Gasteiger partial charge in [-0.25, -0.2) is 0 Å². The predicted molar refractivity (Wildman–Crippen MR) is 83.1 cm³/mol. The fourth-order valence-electron chi connectivity index (χ4n) is 6.62. The number of Topliss-reactive ketones (excluding diaryl/α,β-unsaturated/α-hetero) is 1. The summed E-state index contributed by atoms with van der Waals surface area (Å²) < 4.78 is 6.16. The maximum Gasteiger partial charge on any atom is 0.306 e. The van der Waals surface area contributed by atoms with Crippen molar-refractivity contribution in [3.63, 3.8) is 0 Å². The zero-order valence-corrected chi connectivity index (χ0v) is 13.7. The lowest BCUT2D eigenvalue weighted by Crippen LogP contribution is -2.74. The van der Waals surface area contributed by atoms with Gasteiger partial charge in [-0.2, -0.15) is 0 Å². The van der Waals surface area contributed by atoms with Crippen LogP contribution in [-0.2, 0) is 14.3 Å². The van der Waals surface area contributed by atoms with Crippen molar-refractivity contribution in [1.82, 2.24) is 0 Å². The van der Waals surface area contributed by atoms with Crippen LogP contribution in [0, 0.1) is 22.7 Å². The van der Waals surface area contributed by atoms with Crippen molar-refractivity contribution in [2.24, 2.45) is 22.7 Å². The molecule has 120 valence electrons. The highest BCUT2D eigenvalue weighted by Crippen LogP contribution is 2.71. The van der Waals surface area contributed by atoms with Crippen molar-refractivity contribution < 1.29 is 14.3 Å². The summed E-state index contributed by atoms with van der Waals surface area (Å²) in [6.45, 7) is 8.59. The molecule has 5 fully saturated rings. The van der Waals surface area contributed by atoms with Gasteiger partial charge in [0.25, 0.3) is 0 Å². The quantitative estimate of drug-likeness (QED) is 0.546. The molecule has 0 aromatic carbocycles. The molecule has 3 unspecified atom stereocenters. The van der Waals surface area contributed by atoms with E-state index >= 15 is 0 Å². The third-order valence-corrected chi connectivity index (χ3v) is 7.62. The lowest BCUT2D eigenvalue weighted by atomic mass is 9.37. The lowest BCUT2D eigenvalue weighted by molar-refractivity contribution is -0.275. The highest BCUT2D eigenvalue weighted by Gasteiger charge is 2.75. The van der Waals surface area contributed by atoms with Crippen molar-refractivity contribution in [3.05, 3.63) is 12.2 Å². The Hall–Kier alpha value is -1.12. The van der Waals surface area contributed by atoms with E-state index in [2.05, 4.69) is 20.4 Å². The minimum atomic E-state index is -0.560. The molecular formula is C19H26O3. The van der Waals surface area contributed by atoms with Gasteiger partial charge in [-0.1, -0.05) is 19.1 Å². The van der Waals surface area contributed by atoms with Crippen LogP contribution in [0.3, 0.4) is 0 Å². The molecule has 2 spiro atoms. The summed E-state index contributed by atoms with van der Waals surface area (Å²) in [6, 6.07) is 0. The van der Waals surface area contributed by atoms with Gasteiger partial charge in [-0.05, 0) is 57.3 Å². The second-order valence-electron chi connectivity index (χ2n) is 8.47. The molecule has 5 atom stereocenters. The largest absolute Gasteiger partial charge is 0.457 e. The summed E-state index contributed by atoms with van der Waals surface area (Å²) in [7, 11) is 0. The number of ether oxygens (including phenoxy) is 1. The van der Waals surface area contributed by atoms with E-state index in [9.17, 15) is 9.59 Å². The lowest BCUT2D eigenvalue weighted by Gasteiger charge is -2.70. The molecule has 0 amide bonds. The zero-order valence-electron chi connectivity index (χ0n) is 13.7. The predicted octanol–water partition coefficient (Wildman–Crippen LogP) is 3.81. The monoisotopic (exact) mass is 302 g/mol. The minimum absolute atomic E-state index is 0.0976. The summed E-state index contributed by atoms with van der Waals surface area (Å²) in [5.74, 6) is 1.04. The molecule has 1 saturated heterocycles. The molecule has 5 rings (SSSR count). The van der Waals surface area contributed by atoms with Crippen LogP contribution in [-0.4, -0.2) is 17.4 Å². The van der Waals surface area contributed by atoms with E-state index in [0.717, 1.165) is 38.5 Å². The van der Waals surface area contributed by atoms with E-state index in [0.29, 0.717) is 30.5 Å². The molecule has 1 aliphatic heterocycles. The number of carbonyl (C=O) groups excluding carboxylic acids is 2. The minimum Gasteiger partial charge on any atom is -0.457 e. The Morgan fingerprint density at radius 3 is 2.64 bits per heavy atom. The molecule has 3 heteroatoms. The van der Waals surface area contributed by atoms with Crippen LogP contribution in [0.25, 0.3) is 0 Å². The first-order valence-corrected chi connectivity index (χ1v) is 8.75. The van der Waals surface area contributed by atoms with E-state index < -0.39 is 11.0 Å². The summed E-state index contributed by atoms with van der Waals surface area (Å²) in [4.78, 5) is 25.2. The summed E-state index contributed by atoms with van der Waals surface area (Å²) in [5.41, 5.74) is 0.0943. The molecule has 0 aromatic rings. The smallest absolute Gasteiger partial charge is 0.306 e.